The summed E-state index contributed by atoms with van der Waals surface area (Å²) in [5.74, 6) is 0.819. The number of rotatable bonds is 5. The van der Waals surface area contributed by atoms with Crippen molar-refractivity contribution in [1.82, 2.24) is 10.2 Å². The molecule has 0 unspecified atom stereocenters. The first-order valence-corrected chi connectivity index (χ1v) is 7.84. The highest BCUT2D eigenvalue weighted by molar-refractivity contribution is 6.30. The standard InChI is InChI=1S/C19H17ClN2O/c1-23-17-11-9-15(10-12-17)18-13-16(19(20)22-21-18)8-7-14-5-3-2-4-6-14/h2-6,9-13H,7-8H2,1H3. The fourth-order valence-corrected chi connectivity index (χ4v) is 2.60. The first kappa shape index (κ1) is 15.5. The molecule has 0 radical (unpaired) electrons. The van der Waals surface area contributed by atoms with Crippen molar-refractivity contribution in [2.24, 2.45) is 0 Å². The van der Waals surface area contributed by atoms with Crippen molar-refractivity contribution in [2.75, 3.05) is 7.11 Å². The molecule has 1 aromatic heterocycles. The largest absolute Gasteiger partial charge is 0.497 e. The Morgan fingerprint density at radius 1 is 0.913 bits per heavy atom. The van der Waals surface area contributed by atoms with Crippen molar-refractivity contribution in [1.29, 1.82) is 0 Å². The molecule has 116 valence electrons. The number of hydrogen-bond acceptors (Lipinski definition) is 3. The number of nitrogens with zero attached hydrogens (tertiary/aromatic N) is 2. The van der Waals surface area contributed by atoms with Crippen molar-refractivity contribution in [3.63, 3.8) is 0 Å². The van der Waals surface area contributed by atoms with Gasteiger partial charge in [0.15, 0.2) is 5.15 Å². The maximum Gasteiger partial charge on any atom is 0.154 e. The molecule has 0 amide bonds. The third kappa shape index (κ3) is 3.88. The number of halogens is 1. The molecule has 23 heavy (non-hydrogen) atoms. The van der Waals surface area contributed by atoms with Crippen LogP contribution in [-0.2, 0) is 12.8 Å². The molecule has 0 fully saturated rings. The predicted octanol–water partition coefficient (Wildman–Crippen LogP) is 4.59. The number of aryl methyl sites for hydroxylation is 2. The van der Waals surface area contributed by atoms with Gasteiger partial charge < -0.3 is 4.74 Å². The lowest BCUT2D eigenvalue weighted by molar-refractivity contribution is 0.415. The van der Waals surface area contributed by atoms with Crippen LogP contribution in [0.25, 0.3) is 11.3 Å². The third-order valence-corrected chi connectivity index (χ3v) is 4.05. The topological polar surface area (TPSA) is 35.0 Å². The van der Waals surface area contributed by atoms with E-state index in [1.807, 2.05) is 48.5 Å². The molecule has 0 atom stereocenters. The summed E-state index contributed by atoms with van der Waals surface area (Å²) in [5.41, 5.74) is 4.11. The fraction of sp³-hybridized carbons (Fsp3) is 0.158. The maximum atomic E-state index is 6.20. The monoisotopic (exact) mass is 324 g/mol. The van der Waals surface area contributed by atoms with Crippen LogP contribution in [0.4, 0.5) is 0 Å². The van der Waals surface area contributed by atoms with E-state index in [1.165, 1.54) is 5.56 Å². The summed E-state index contributed by atoms with van der Waals surface area (Å²) < 4.78 is 5.18. The van der Waals surface area contributed by atoms with E-state index in [9.17, 15) is 0 Å². The minimum absolute atomic E-state index is 0.471. The van der Waals surface area contributed by atoms with Gasteiger partial charge in [-0.1, -0.05) is 41.9 Å². The SMILES string of the molecule is COc1ccc(-c2cc(CCc3ccccc3)c(Cl)nn2)cc1. The Morgan fingerprint density at radius 3 is 2.35 bits per heavy atom. The summed E-state index contributed by atoms with van der Waals surface area (Å²) in [4.78, 5) is 0. The van der Waals surface area contributed by atoms with Gasteiger partial charge in [-0.05, 0) is 54.3 Å². The van der Waals surface area contributed by atoms with Crippen LogP contribution in [0, 0.1) is 0 Å². The number of ether oxygens (including phenoxy) is 1. The second-order valence-corrected chi connectivity index (χ2v) is 5.62. The minimum atomic E-state index is 0.471. The molecule has 3 aromatic rings. The number of aromatic nitrogens is 2. The molecule has 0 aliphatic heterocycles. The molecular formula is C19H17ClN2O. The number of benzene rings is 2. The van der Waals surface area contributed by atoms with Gasteiger partial charge in [0.1, 0.15) is 5.75 Å². The maximum absolute atomic E-state index is 6.20. The van der Waals surface area contributed by atoms with E-state index in [0.717, 1.165) is 35.4 Å². The van der Waals surface area contributed by atoms with Crippen LogP contribution in [0.1, 0.15) is 11.1 Å². The lowest BCUT2D eigenvalue weighted by Gasteiger charge is -2.07. The Labute approximate surface area is 140 Å². The van der Waals surface area contributed by atoms with Crippen LogP contribution >= 0.6 is 11.6 Å². The van der Waals surface area contributed by atoms with Crippen LogP contribution < -0.4 is 4.74 Å². The molecule has 4 heteroatoms. The van der Waals surface area contributed by atoms with Gasteiger partial charge in [0.25, 0.3) is 0 Å². The van der Waals surface area contributed by atoms with E-state index in [2.05, 4.69) is 22.3 Å². The summed E-state index contributed by atoms with van der Waals surface area (Å²) in [6.07, 6.45) is 1.76. The van der Waals surface area contributed by atoms with Gasteiger partial charge in [-0.15, -0.1) is 10.2 Å². The molecule has 0 aliphatic carbocycles. The molecule has 0 N–H and O–H groups in total. The molecular weight excluding hydrogens is 308 g/mol. The minimum Gasteiger partial charge on any atom is -0.497 e. The highest BCUT2D eigenvalue weighted by Gasteiger charge is 2.08. The summed E-state index contributed by atoms with van der Waals surface area (Å²) in [6.45, 7) is 0. The van der Waals surface area contributed by atoms with Gasteiger partial charge >= 0.3 is 0 Å². The molecule has 0 spiro atoms. The number of methoxy groups -OCH3 is 1. The van der Waals surface area contributed by atoms with Gasteiger partial charge in [0.2, 0.25) is 0 Å². The van der Waals surface area contributed by atoms with Crippen LogP contribution in [-0.4, -0.2) is 17.3 Å². The van der Waals surface area contributed by atoms with Gasteiger partial charge in [-0.2, -0.15) is 0 Å². The summed E-state index contributed by atoms with van der Waals surface area (Å²) >= 11 is 6.20. The van der Waals surface area contributed by atoms with E-state index in [0.29, 0.717) is 5.15 Å². The Hall–Kier alpha value is -2.39. The van der Waals surface area contributed by atoms with E-state index >= 15 is 0 Å². The Balaban J connectivity index is 1.80. The quantitative estimate of drug-likeness (QED) is 0.688. The van der Waals surface area contributed by atoms with Gasteiger partial charge in [0.05, 0.1) is 12.8 Å². The van der Waals surface area contributed by atoms with Crippen LogP contribution in [0.3, 0.4) is 0 Å². The van der Waals surface area contributed by atoms with E-state index in [-0.39, 0.29) is 0 Å². The molecule has 3 rings (SSSR count). The zero-order valence-corrected chi connectivity index (χ0v) is 13.6. The van der Waals surface area contributed by atoms with E-state index in [4.69, 9.17) is 16.3 Å². The van der Waals surface area contributed by atoms with Gasteiger partial charge in [-0.25, -0.2) is 0 Å². The van der Waals surface area contributed by atoms with Crippen molar-refractivity contribution < 1.29 is 4.74 Å². The van der Waals surface area contributed by atoms with Crippen LogP contribution in [0.2, 0.25) is 5.15 Å². The average molecular weight is 325 g/mol. The van der Waals surface area contributed by atoms with Crippen molar-refractivity contribution in [3.05, 3.63) is 76.9 Å². The zero-order chi connectivity index (χ0) is 16.1. The molecule has 2 aromatic carbocycles. The fourth-order valence-electron chi connectivity index (χ4n) is 2.42. The first-order valence-electron chi connectivity index (χ1n) is 7.47. The molecule has 0 bridgehead atoms. The smallest absolute Gasteiger partial charge is 0.154 e. The first-order chi connectivity index (χ1) is 11.3. The Morgan fingerprint density at radius 2 is 1.65 bits per heavy atom. The molecule has 3 nitrogen and oxygen atoms in total. The molecule has 0 aliphatic rings. The molecule has 1 heterocycles. The molecule has 0 saturated heterocycles. The van der Waals surface area contributed by atoms with Crippen LogP contribution in [0.15, 0.2) is 60.7 Å². The predicted molar refractivity (Wildman–Crippen MR) is 92.9 cm³/mol. The van der Waals surface area contributed by atoms with Gasteiger partial charge in [-0.3, -0.25) is 0 Å². The number of hydrogen-bond donors (Lipinski definition) is 0. The summed E-state index contributed by atoms with van der Waals surface area (Å²) in [7, 11) is 1.65. The van der Waals surface area contributed by atoms with Crippen molar-refractivity contribution in [3.8, 4) is 17.0 Å². The average Bonchev–Trinajstić information content (AvgIpc) is 2.62. The van der Waals surface area contributed by atoms with Crippen molar-refractivity contribution in [2.45, 2.75) is 12.8 Å². The lowest BCUT2D eigenvalue weighted by atomic mass is 10.0. The highest BCUT2D eigenvalue weighted by Crippen LogP contribution is 2.24. The molecule has 0 saturated carbocycles. The second-order valence-electron chi connectivity index (χ2n) is 5.26. The van der Waals surface area contributed by atoms with Crippen molar-refractivity contribution >= 4 is 11.6 Å². The third-order valence-electron chi connectivity index (χ3n) is 3.73. The normalized spacial score (nSPS) is 10.5. The summed E-state index contributed by atoms with van der Waals surface area (Å²) in [5, 5.41) is 8.76. The Bertz CT molecular complexity index is 773. The Kier molecular flexibility index (Phi) is 4.89. The van der Waals surface area contributed by atoms with E-state index in [1.54, 1.807) is 7.11 Å². The zero-order valence-electron chi connectivity index (χ0n) is 12.9. The highest BCUT2D eigenvalue weighted by atomic mass is 35.5. The van der Waals surface area contributed by atoms with E-state index < -0.39 is 0 Å². The van der Waals surface area contributed by atoms with Crippen LogP contribution in [0.5, 0.6) is 5.75 Å². The summed E-state index contributed by atoms with van der Waals surface area (Å²) in [6, 6.07) is 20.1. The second kappa shape index (κ2) is 7.25. The van der Waals surface area contributed by atoms with Gasteiger partial charge in [0, 0.05) is 5.56 Å². The lowest BCUT2D eigenvalue weighted by Crippen LogP contribution is -1.97.